The maximum atomic E-state index is 12.3. The lowest BCUT2D eigenvalue weighted by Gasteiger charge is -2.09. The summed E-state index contributed by atoms with van der Waals surface area (Å²) in [6.45, 7) is -0.397. The van der Waals surface area contributed by atoms with E-state index in [1.165, 1.54) is 4.57 Å². The molecule has 28 heavy (non-hydrogen) atoms. The van der Waals surface area contributed by atoms with Crippen LogP contribution in [0.4, 0.5) is 5.69 Å². The van der Waals surface area contributed by atoms with E-state index in [1.54, 1.807) is 55.6 Å². The van der Waals surface area contributed by atoms with Crippen LogP contribution in [0.2, 0.25) is 5.02 Å². The zero-order valence-corrected chi connectivity index (χ0v) is 15.9. The number of halogens is 1. The molecule has 1 aromatic heterocycles. The monoisotopic (exact) mass is 399 g/mol. The van der Waals surface area contributed by atoms with Crippen molar-refractivity contribution in [2.24, 2.45) is 7.05 Å². The Kier molecular flexibility index (Phi) is 6.06. The van der Waals surface area contributed by atoms with Crippen LogP contribution in [0.15, 0.2) is 53.3 Å². The molecule has 0 aliphatic heterocycles. The molecule has 0 unspecified atom stereocenters. The number of benzene rings is 2. The van der Waals surface area contributed by atoms with E-state index in [0.29, 0.717) is 27.4 Å². The smallest absolute Gasteiger partial charge is 0.306 e. The lowest BCUT2D eigenvalue weighted by molar-refractivity contribution is -0.147. The average Bonchev–Trinajstić information content (AvgIpc) is 2.70. The second-order valence-electron chi connectivity index (χ2n) is 6.13. The molecule has 3 aromatic rings. The van der Waals surface area contributed by atoms with E-state index in [4.69, 9.17) is 16.3 Å². The van der Waals surface area contributed by atoms with Gasteiger partial charge in [-0.2, -0.15) is 0 Å². The van der Waals surface area contributed by atoms with Crippen molar-refractivity contribution in [3.63, 3.8) is 0 Å². The Labute approximate surface area is 165 Å². The van der Waals surface area contributed by atoms with Gasteiger partial charge in [0.2, 0.25) is 0 Å². The van der Waals surface area contributed by atoms with E-state index < -0.39 is 18.5 Å². The van der Waals surface area contributed by atoms with Crippen LogP contribution in [-0.2, 0) is 27.8 Å². The van der Waals surface area contributed by atoms with Gasteiger partial charge >= 0.3 is 5.97 Å². The molecule has 2 aromatic carbocycles. The minimum atomic E-state index is -0.548. The van der Waals surface area contributed by atoms with E-state index in [9.17, 15) is 14.4 Å². The van der Waals surface area contributed by atoms with Crippen molar-refractivity contribution < 1.29 is 14.3 Å². The van der Waals surface area contributed by atoms with E-state index in [1.807, 2.05) is 0 Å². The molecule has 0 fully saturated rings. The van der Waals surface area contributed by atoms with Crippen molar-refractivity contribution in [3.8, 4) is 0 Å². The second kappa shape index (κ2) is 8.67. The summed E-state index contributed by atoms with van der Waals surface area (Å²) in [5.41, 5.74) is 0.966. The number of carbonyl (C=O) groups excluding carboxylic acids is 2. The average molecular weight is 400 g/mol. The van der Waals surface area contributed by atoms with Crippen LogP contribution in [0.1, 0.15) is 12.2 Å². The number of para-hydroxylation sites is 1. The number of fused-ring (bicyclic) bond motifs is 1. The Morgan fingerprint density at radius 2 is 1.86 bits per heavy atom. The molecule has 1 heterocycles. The molecule has 3 rings (SSSR count). The first kappa shape index (κ1) is 19.6. The summed E-state index contributed by atoms with van der Waals surface area (Å²) in [6.07, 6.45) is 0.237. The van der Waals surface area contributed by atoms with Crippen molar-refractivity contribution >= 4 is 40.1 Å². The molecule has 0 bridgehead atoms. The van der Waals surface area contributed by atoms with Gasteiger partial charge in [0, 0.05) is 24.2 Å². The molecule has 0 saturated heterocycles. The van der Waals surface area contributed by atoms with Crippen molar-refractivity contribution in [2.45, 2.75) is 12.8 Å². The molecule has 0 radical (unpaired) electrons. The SMILES string of the molecule is Cn1c(CCC(=O)OCC(=O)Nc2ccc(Cl)cc2)nc2ccccc2c1=O. The number of amides is 1. The van der Waals surface area contributed by atoms with Gasteiger partial charge in [-0.3, -0.25) is 19.0 Å². The molecule has 0 saturated carbocycles. The molecule has 0 atom stereocenters. The van der Waals surface area contributed by atoms with Crippen molar-refractivity contribution in [3.05, 3.63) is 69.7 Å². The van der Waals surface area contributed by atoms with E-state index in [-0.39, 0.29) is 18.4 Å². The largest absolute Gasteiger partial charge is 0.456 e. The molecule has 1 N–H and O–H groups in total. The highest BCUT2D eigenvalue weighted by atomic mass is 35.5. The highest BCUT2D eigenvalue weighted by Gasteiger charge is 2.12. The van der Waals surface area contributed by atoms with Crippen molar-refractivity contribution in [2.75, 3.05) is 11.9 Å². The summed E-state index contributed by atoms with van der Waals surface area (Å²) in [6, 6.07) is 13.6. The zero-order valence-electron chi connectivity index (χ0n) is 15.1. The van der Waals surface area contributed by atoms with E-state index in [0.717, 1.165) is 0 Å². The number of rotatable bonds is 6. The van der Waals surface area contributed by atoms with Gasteiger partial charge in [0.05, 0.1) is 17.3 Å². The first-order chi connectivity index (χ1) is 13.4. The van der Waals surface area contributed by atoms with Crippen LogP contribution in [-0.4, -0.2) is 28.0 Å². The zero-order chi connectivity index (χ0) is 20.1. The fourth-order valence-corrected chi connectivity index (χ4v) is 2.78. The summed E-state index contributed by atoms with van der Waals surface area (Å²) in [5.74, 6) is -0.521. The predicted molar refractivity (Wildman–Crippen MR) is 106 cm³/mol. The molecule has 0 spiro atoms. The highest BCUT2D eigenvalue weighted by molar-refractivity contribution is 6.30. The number of ether oxygens (including phenoxy) is 1. The molecule has 0 aliphatic rings. The maximum Gasteiger partial charge on any atom is 0.306 e. The lowest BCUT2D eigenvalue weighted by atomic mass is 10.2. The van der Waals surface area contributed by atoms with Crippen molar-refractivity contribution in [1.29, 1.82) is 0 Å². The Morgan fingerprint density at radius 1 is 1.14 bits per heavy atom. The van der Waals surface area contributed by atoms with Crippen LogP contribution in [0.3, 0.4) is 0 Å². The molecular formula is C20H18ClN3O4. The van der Waals surface area contributed by atoms with E-state index in [2.05, 4.69) is 10.3 Å². The van der Waals surface area contributed by atoms with Gasteiger partial charge in [0.25, 0.3) is 11.5 Å². The van der Waals surface area contributed by atoms with Gasteiger partial charge in [-0.1, -0.05) is 23.7 Å². The number of hydrogen-bond acceptors (Lipinski definition) is 5. The molecule has 0 aliphatic carbocycles. The third kappa shape index (κ3) is 4.75. The molecule has 1 amide bonds. The third-order valence-electron chi connectivity index (χ3n) is 4.12. The quantitative estimate of drug-likeness (QED) is 0.643. The number of hydrogen-bond donors (Lipinski definition) is 1. The Morgan fingerprint density at radius 3 is 2.61 bits per heavy atom. The number of nitrogens with zero attached hydrogens (tertiary/aromatic N) is 2. The van der Waals surface area contributed by atoms with E-state index >= 15 is 0 Å². The minimum Gasteiger partial charge on any atom is -0.456 e. The summed E-state index contributed by atoms with van der Waals surface area (Å²) >= 11 is 5.78. The van der Waals surface area contributed by atoms with Crippen LogP contribution in [0, 0.1) is 0 Å². The van der Waals surface area contributed by atoms with Crippen LogP contribution < -0.4 is 10.9 Å². The number of carbonyl (C=O) groups is 2. The Balaban J connectivity index is 1.54. The number of esters is 1. The van der Waals surface area contributed by atoms with Gasteiger partial charge in [0.1, 0.15) is 5.82 Å². The fraction of sp³-hybridized carbons (Fsp3) is 0.200. The Hall–Kier alpha value is -3.19. The molecule has 144 valence electrons. The first-order valence-electron chi connectivity index (χ1n) is 8.60. The third-order valence-corrected chi connectivity index (χ3v) is 4.37. The minimum absolute atomic E-state index is 0.00679. The van der Waals surface area contributed by atoms with Gasteiger partial charge in [0.15, 0.2) is 6.61 Å². The molecular weight excluding hydrogens is 382 g/mol. The van der Waals surface area contributed by atoms with Gasteiger partial charge in [-0.15, -0.1) is 0 Å². The highest BCUT2D eigenvalue weighted by Crippen LogP contribution is 2.13. The van der Waals surface area contributed by atoms with Crippen LogP contribution in [0.5, 0.6) is 0 Å². The standard InChI is InChI=1S/C20H18ClN3O4/c1-24-17(23-16-5-3-2-4-15(16)20(24)27)10-11-19(26)28-12-18(25)22-14-8-6-13(21)7-9-14/h2-9H,10-12H2,1H3,(H,22,25). The fourth-order valence-electron chi connectivity index (χ4n) is 2.65. The van der Waals surface area contributed by atoms with Gasteiger partial charge in [-0.05, 0) is 36.4 Å². The summed E-state index contributed by atoms with van der Waals surface area (Å²) in [7, 11) is 1.61. The summed E-state index contributed by atoms with van der Waals surface area (Å²) < 4.78 is 6.41. The van der Waals surface area contributed by atoms with Crippen LogP contribution in [0.25, 0.3) is 10.9 Å². The molecule has 8 heteroatoms. The van der Waals surface area contributed by atoms with Gasteiger partial charge in [-0.25, -0.2) is 4.98 Å². The second-order valence-corrected chi connectivity index (χ2v) is 6.56. The van der Waals surface area contributed by atoms with Crippen LogP contribution >= 0.6 is 11.6 Å². The summed E-state index contributed by atoms with van der Waals surface area (Å²) in [5, 5.41) is 3.68. The van der Waals surface area contributed by atoms with Crippen molar-refractivity contribution in [1.82, 2.24) is 9.55 Å². The topological polar surface area (TPSA) is 90.3 Å². The first-order valence-corrected chi connectivity index (χ1v) is 8.97. The Bertz CT molecular complexity index is 1080. The number of aromatic nitrogens is 2. The molecule has 7 nitrogen and oxygen atoms in total. The maximum absolute atomic E-state index is 12.3. The summed E-state index contributed by atoms with van der Waals surface area (Å²) in [4.78, 5) is 40.6. The number of anilines is 1. The number of aryl methyl sites for hydroxylation is 1. The van der Waals surface area contributed by atoms with Gasteiger partial charge < -0.3 is 10.1 Å². The predicted octanol–water partition coefficient (Wildman–Crippen LogP) is 2.70. The number of nitrogens with one attached hydrogen (secondary N) is 1. The normalized spacial score (nSPS) is 10.6. The lowest BCUT2D eigenvalue weighted by Crippen LogP contribution is -2.24.